The molecule has 0 amide bonds. The van der Waals surface area contributed by atoms with Gasteiger partial charge in [0.05, 0.1) is 0 Å². The Balaban J connectivity index is 0.00000128. The van der Waals surface area contributed by atoms with E-state index in [1.165, 1.54) is 17.7 Å². The van der Waals surface area contributed by atoms with Crippen LogP contribution in [0.1, 0.15) is 5.56 Å². The number of benzene rings is 1. The van der Waals surface area contributed by atoms with Gasteiger partial charge in [-0.25, -0.2) is 8.96 Å². The van der Waals surface area contributed by atoms with Gasteiger partial charge in [-0.05, 0) is 12.1 Å². The number of nitrogens with zero attached hydrogens (tertiary/aromatic N) is 1. The van der Waals surface area contributed by atoms with Crippen LogP contribution in [-0.2, 0) is 6.54 Å². The number of hydrogen-bond acceptors (Lipinski definition) is 0. The number of pyridine rings is 1. The van der Waals surface area contributed by atoms with Gasteiger partial charge in [-0.2, -0.15) is 0 Å². The van der Waals surface area contributed by atoms with Gasteiger partial charge in [0.15, 0.2) is 18.9 Å². The van der Waals surface area contributed by atoms with Crippen LogP contribution in [0.4, 0.5) is 4.39 Å². The Morgan fingerprint density at radius 1 is 1.00 bits per heavy atom. The van der Waals surface area contributed by atoms with Crippen LogP contribution in [-0.4, -0.2) is 0 Å². The van der Waals surface area contributed by atoms with Gasteiger partial charge >= 0.3 is 0 Å². The molecule has 0 saturated carbocycles. The van der Waals surface area contributed by atoms with E-state index in [2.05, 4.69) is 15.9 Å². The molecule has 2 rings (SSSR count). The van der Waals surface area contributed by atoms with Crippen LogP contribution < -0.4 is 21.5 Å². The largest absolute Gasteiger partial charge is 1.00 e. The Morgan fingerprint density at radius 3 is 2.12 bits per heavy atom. The average Bonchev–Trinajstić information content (AvgIpc) is 2.25. The van der Waals surface area contributed by atoms with E-state index in [4.69, 9.17) is 0 Å². The topological polar surface area (TPSA) is 3.88 Å². The molecule has 0 radical (unpaired) electrons. The van der Waals surface area contributed by atoms with E-state index in [-0.39, 0.29) is 22.8 Å². The van der Waals surface area contributed by atoms with Crippen molar-refractivity contribution in [2.24, 2.45) is 0 Å². The summed E-state index contributed by atoms with van der Waals surface area (Å²) in [5.74, 6) is -0.206. The lowest BCUT2D eigenvalue weighted by Crippen LogP contribution is -3.00. The third-order valence-electron chi connectivity index (χ3n) is 2.13. The third-order valence-corrected chi connectivity index (χ3v) is 2.66. The number of hydrogen-bond donors (Lipinski definition) is 0. The van der Waals surface area contributed by atoms with Crippen LogP contribution in [0.15, 0.2) is 53.3 Å². The van der Waals surface area contributed by atoms with E-state index < -0.39 is 0 Å². The summed E-state index contributed by atoms with van der Waals surface area (Å²) in [7, 11) is 0. The molecule has 0 atom stereocenters. The predicted octanol–water partition coefficient (Wildman–Crippen LogP) is -0.0720. The molecule has 84 valence electrons. The minimum Gasteiger partial charge on any atom is -1.00 e. The predicted molar refractivity (Wildman–Crippen MR) is 59.8 cm³/mol. The van der Waals surface area contributed by atoms with Gasteiger partial charge in [-0.1, -0.05) is 28.1 Å². The lowest BCUT2D eigenvalue weighted by atomic mass is 10.2. The second-order valence-corrected chi connectivity index (χ2v) is 4.23. The van der Waals surface area contributed by atoms with Gasteiger partial charge in [-0.3, -0.25) is 0 Å². The van der Waals surface area contributed by atoms with E-state index in [1.54, 1.807) is 12.4 Å². The molecule has 1 aromatic heterocycles. The Hall–Kier alpha value is -0.740. The zero-order chi connectivity index (χ0) is 10.7. The number of aromatic nitrogens is 1. The molecule has 1 nitrogen and oxygen atoms in total. The highest BCUT2D eigenvalue weighted by atomic mass is 79.9. The first-order valence-electron chi connectivity index (χ1n) is 4.63. The minimum absolute atomic E-state index is 0. The Bertz CT molecular complexity index is 396. The van der Waals surface area contributed by atoms with Crippen LogP contribution in [0.5, 0.6) is 0 Å². The molecule has 0 saturated heterocycles. The molecule has 1 aromatic carbocycles. The highest BCUT2D eigenvalue weighted by Crippen LogP contribution is 2.10. The molecule has 0 fully saturated rings. The maximum atomic E-state index is 12.7. The lowest BCUT2D eigenvalue weighted by Gasteiger charge is -1.97. The van der Waals surface area contributed by atoms with Crippen molar-refractivity contribution in [3.8, 4) is 0 Å². The van der Waals surface area contributed by atoms with E-state index in [1.807, 2.05) is 28.8 Å². The van der Waals surface area contributed by atoms with Crippen molar-refractivity contribution < 1.29 is 25.9 Å². The van der Waals surface area contributed by atoms with Crippen molar-refractivity contribution in [2.75, 3.05) is 0 Å². The first-order chi connectivity index (χ1) is 7.24. The Morgan fingerprint density at radius 2 is 1.56 bits per heavy atom. The molecule has 0 spiro atoms. The highest BCUT2D eigenvalue weighted by Gasteiger charge is 2.02. The molecule has 0 aliphatic heterocycles. The second-order valence-electron chi connectivity index (χ2n) is 3.32. The molecule has 2 aromatic rings. The molecule has 0 unspecified atom stereocenters. The van der Waals surface area contributed by atoms with Crippen molar-refractivity contribution in [1.29, 1.82) is 0 Å². The molecule has 0 N–H and O–H groups in total. The summed E-state index contributed by atoms with van der Waals surface area (Å²) in [5, 5.41) is 0. The fourth-order valence-corrected chi connectivity index (χ4v) is 1.61. The van der Waals surface area contributed by atoms with E-state index in [0.717, 1.165) is 11.0 Å². The van der Waals surface area contributed by atoms with Crippen molar-refractivity contribution in [2.45, 2.75) is 6.54 Å². The maximum Gasteiger partial charge on any atom is 0.173 e. The van der Waals surface area contributed by atoms with Gasteiger partial charge < -0.3 is 17.0 Å². The summed E-state index contributed by atoms with van der Waals surface area (Å²) in [4.78, 5) is 0. The summed E-state index contributed by atoms with van der Waals surface area (Å²) >= 11 is 3.38. The molecule has 4 heteroatoms. The van der Waals surface area contributed by atoms with Crippen LogP contribution in [0.3, 0.4) is 0 Å². The zero-order valence-electron chi connectivity index (χ0n) is 8.41. The lowest BCUT2D eigenvalue weighted by molar-refractivity contribution is -0.688. The minimum atomic E-state index is -0.206. The van der Waals surface area contributed by atoms with Crippen LogP contribution >= 0.6 is 15.9 Å². The summed E-state index contributed by atoms with van der Waals surface area (Å²) in [6.45, 7) is 0.758. The molecule has 16 heavy (non-hydrogen) atoms. The van der Waals surface area contributed by atoms with Gasteiger partial charge in [-0.15, -0.1) is 0 Å². The molecule has 1 heterocycles. The van der Waals surface area contributed by atoms with E-state index in [9.17, 15) is 4.39 Å². The monoisotopic (exact) mass is 345 g/mol. The van der Waals surface area contributed by atoms with E-state index in [0.29, 0.717) is 0 Å². The SMILES string of the molecule is Fc1cc[n+](Cc2ccc(Br)cc2)cc1.[Br-]. The van der Waals surface area contributed by atoms with Gasteiger partial charge in [0, 0.05) is 22.2 Å². The standard InChI is InChI=1S/C12H10BrFN.BrH/c13-11-3-1-10(2-4-11)9-15-7-5-12(14)6-8-15;/h1-8H,9H2;1H/q+1;/p-1. The van der Waals surface area contributed by atoms with Crippen molar-refractivity contribution in [1.82, 2.24) is 0 Å². The number of rotatable bonds is 2. The van der Waals surface area contributed by atoms with Crippen LogP contribution in [0.2, 0.25) is 0 Å². The first kappa shape index (κ1) is 13.3. The van der Waals surface area contributed by atoms with Crippen molar-refractivity contribution in [3.05, 3.63) is 64.6 Å². The molecular formula is C12H10Br2FN. The summed E-state index contributed by atoms with van der Waals surface area (Å²) < 4.78 is 15.7. The Kier molecular flexibility index (Phi) is 5.09. The number of halogens is 3. The highest BCUT2D eigenvalue weighted by molar-refractivity contribution is 9.10. The molecule has 0 bridgehead atoms. The van der Waals surface area contributed by atoms with Crippen molar-refractivity contribution >= 4 is 15.9 Å². The second kappa shape index (κ2) is 6.11. The van der Waals surface area contributed by atoms with Gasteiger partial charge in [0.25, 0.3) is 0 Å². The normalized spacial score (nSPS) is 9.62. The molecule has 0 aliphatic carbocycles. The smallest absolute Gasteiger partial charge is 0.173 e. The maximum absolute atomic E-state index is 12.7. The third kappa shape index (κ3) is 3.68. The molecular weight excluding hydrogens is 337 g/mol. The quantitative estimate of drug-likeness (QED) is 0.670. The summed E-state index contributed by atoms with van der Waals surface area (Å²) in [6, 6.07) is 11.0. The van der Waals surface area contributed by atoms with Gasteiger partial charge in [0.2, 0.25) is 0 Å². The van der Waals surface area contributed by atoms with Crippen LogP contribution in [0, 0.1) is 5.82 Å². The van der Waals surface area contributed by atoms with E-state index >= 15 is 0 Å². The Labute approximate surface area is 113 Å². The fraction of sp³-hybridized carbons (Fsp3) is 0.0833. The van der Waals surface area contributed by atoms with Gasteiger partial charge in [0.1, 0.15) is 5.82 Å². The van der Waals surface area contributed by atoms with Crippen LogP contribution in [0.25, 0.3) is 0 Å². The fourth-order valence-electron chi connectivity index (χ4n) is 1.35. The van der Waals surface area contributed by atoms with Crippen molar-refractivity contribution in [3.63, 3.8) is 0 Å². The summed E-state index contributed by atoms with van der Waals surface area (Å²) in [6.07, 6.45) is 3.47. The molecule has 0 aliphatic rings. The zero-order valence-corrected chi connectivity index (χ0v) is 11.6. The summed E-state index contributed by atoms with van der Waals surface area (Å²) in [5.41, 5.74) is 1.19. The first-order valence-corrected chi connectivity index (χ1v) is 5.42. The average molecular weight is 347 g/mol.